The Morgan fingerprint density at radius 2 is 2.20 bits per heavy atom. The summed E-state index contributed by atoms with van der Waals surface area (Å²) >= 11 is 0. The Morgan fingerprint density at radius 3 is 2.90 bits per heavy atom. The summed E-state index contributed by atoms with van der Waals surface area (Å²) in [6.07, 6.45) is 1.38. The van der Waals surface area contributed by atoms with E-state index in [-0.39, 0.29) is 5.88 Å². The highest BCUT2D eigenvalue weighted by atomic mass is 16.6. The van der Waals surface area contributed by atoms with Crippen molar-refractivity contribution in [2.45, 2.75) is 6.54 Å². The van der Waals surface area contributed by atoms with Crippen molar-refractivity contribution in [3.63, 3.8) is 0 Å². The topological polar surface area (TPSA) is 89.9 Å². The molecule has 0 radical (unpaired) electrons. The van der Waals surface area contributed by atoms with Crippen molar-refractivity contribution >= 4 is 12.1 Å². The van der Waals surface area contributed by atoms with Crippen LogP contribution in [0.15, 0.2) is 45.9 Å². The van der Waals surface area contributed by atoms with E-state index in [0.29, 0.717) is 12.3 Å². The second-order valence-corrected chi connectivity index (χ2v) is 3.84. The van der Waals surface area contributed by atoms with Gasteiger partial charge in [-0.2, -0.15) is 5.10 Å². The maximum atomic E-state index is 10.4. The minimum Gasteiger partial charge on any atom is -0.496 e. The summed E-state index contributed by atoms with van der Waals surface area (Å²) in [4.78, 5) is 9.84. The lowest BCUT2D eigenvalue weighted by Crippen LogP contribution is -2.06. The summed E-state index contributed by atoms with van der Waals surface area (Å²) in [5.74, 6) is 0.768. The van der Waals surface area contributed by atoms with E-state index >= 15 is 0 Å². The predicted molar refractivity (Wildman–Crippen MR) is 72.8 cm³/mol. The van der Waals surface area contributed by atoms with Gasteiger partial charge < -0.3 is 14.6 Å². The smallest absolute Gasteiger partial charge is 0.433 e. The Balaban J connectivity index is 1.91. The van der Waals surface area contributed by atoms with Gasteiger partial charge in [-0.3, -0.25) is 10.1 Å². The maximum Gasteiger partial charge on any atom is 0.433 e. The Morgan fingerprint density at radius 1 is 1.40 bits per heavy atom. The molecule has 104 valence electrons. The fraction of sp³-hybridized carbons (Fsp3) is 0.154. The van der Waals surface area contributed by atoms with E-state index < -0.39 is 4.92 Å². The number of nitro groups is 1. The number of furan rings is 1. The summed E-state index contributed by atoms with van der Waals surface area (Å²) in [6.45, 7) is 0.476. The average Bonchev–Trinajstić information content (AvgIpc) is 2.93. The van der Waals surface area contributed by atoms with Crippen molar-refractivity contribution in [2.75, 3.05) is 7.11 Å². The standard InChI is InChI=1S/C13H13N3O4/c1-19-12-5-3-2-4-10(12)8-14-15-9-11-6-7-13(20-11)16(17)18/h2-7,9,14H,8H2,1H3/b15-9-. The van der Waals surface area contributed by atoms with Gasteiger partial charge in [0, 0.05) is 5.56 Å². The number of hydrogen-bond donors (Lipinski definition) is 1. The summed E-state index contributed by atoms with van der Waals surface area (Å²) in [7, 11) is 1.60. The molecule has 20 heavy (non-hydrogen) atoms. The van der Waals surface area contributed by atoms with E-state index in [4.69, 9.17) is 9.15 Å². The minimum absolute atomic E-state index is 0.309. The highest BCUT2D eigenvalue weighted by Crippen LogP contribution is 2.16. The number of methoxy groups -OCH3 is 1. The highest BCUT2D eigenvalue weighted by Gasteiger charge is 2.10. The van der Waals surface area contributed by atoms with Crippen LogP contribution in [0, 0.1) is 10.1 Å². The van der Waals surface area contributed by atoms with Crippen LogP contribution in [0.4, 0.5) is 5.88 Å². The number of nitrogens with one attached hydrogen (secondary N) is 1. The van der Waals surface area contributed by atoms with E-state index in [1.165, 1.54) is 18.3 Å². The first-order valence-electron chi connectivity index (χ1n) is 5.82. The van der Waals surface area contributed by atoms with E-state index in [0.717, 1.165) is 11.3 Å². The van der Waals surface area contributed by atoms with Gasteiger partial charge in [-0.15, -0.1) is 0 Å². The summed E-state index contributed by atoms with van der Waals surface area (Å²) < 4.78 is 10.1. The SMILES string of the molecule is COc1ccccc1CN/N=C\c1ccc([N+](=O)[O-])o1. The van der Waals surface area contributed by atoms with E-state index in [2.05, 4.69) is 10.5 Å². The van der Waals surface area contributed by atoms with Crippen LogP contribution in [0.3, 0.4) is 0 Å². The molecule has 1 aromatic heterocycles. The van der Waals surface area contributed by atoms with Crippen LogP contribution in [-0.4, -0.2) is 18.2 Å². The molecular formula is C13H13N3O4. The van der Waals surface area contributed by atoms with E-state index in [1.54, 1.807) is 7.11 Å². The molecule has 0 amide bonds. The van der Waals surface area contributed by atoms with Crippen LogP contribution < -0.4 is 10.2 Å². The van der Waals surface area contributed by atoms with Gasteiger partial charge in [-0.1, -0.05) is 18.2 Å². The zero-order valence-electron chi connectivity index (χ0n) is 10.8. The molecule has 0 aliphatic carbocycles. The second-order valence-electron chi connectivity index (χ2n) is 3.84. The zero-order valence-corrected chi connectivity index (χ0v) is 10.8. The first-order valence-corrected chi connectivity index (χ1v) is 5.82. The molecule has 7 heteroatoms. The Hall–Kier alpha value is -2.83. The number of ether oxygens (including phenoxy) is 1. The molecule has 0 atom stereocenters. The lowest BCUT2D eigenvalue weighted by atomic mass is 10.2. The third-order valence-corrected chi connectivity index (χ3v) is 2.54. The number of nitrogens with zero attached hydrogens (tertiary/aromatic N) is 2. The number of rotatable bonds is 6. The van der Waals surface area contributed by atoms with Gasteiger partial charge in [-0.25, -0.2) is 0 Å². The van der Waals surface area contributed by atoms with Crippen molar-refractivity contribution < 1.29 is 14.1 Å². The Bertz CT molecular complexity index is 622. The van der Waals surface area contributed by atoms with Crippen LogP contribution in [0.1, 0.15) is 11.3 Å². The molecule has 1 aromatic carbocycles. The minimum atomic E-state index is -0.598. The molecular weight excluding hydrogens is 262 g/mol. The highest BCUT2D eigenvalue weighted by molar-refractivity contribution is 5.75. The van der Waals surface area contributed by atoms with Crippen molar-refractivity contribution in [1.29, 1.82) is 0 Å². The number of benzene rings is 1. The van der Waals surface area contributed by atoms with Crippen molar-refractivity contribution in [3.05, 3.63) is 57.8 Å². The van der Waals surface area contributed by atoms with Gasteiger partial charge in [0.1, 0.15) is 10.7 Å². The first kappa shape index (κ1) is 13.6. The molecule has 0 spiro atoms. The molecule has 0 saturated heterocycles. The van der Waals surface area contributed by atoms with Gasteiger partial charge in [-0.05, 0) is 12.1 Å². The molecule has 7 nitrogen and oxygen atoms in total. The van der Waals surface area contributed by atoms with Crippen molar-refractivity contribution in [1.82, 2.24) is 5.43 Å². The van der Waals surface area contributed by atoms with Crippen LogP contribution in [0.25, 0.3) is 0 Å². The maximum absolute atomic E-state index is 10.4. The third-order valence-electron chi connectivity index (χ3n) is 2.54. The number of para-hydroxylation sites is 1. The molecule has 0 saturated carbocycles. The summed E-state index contributed by atoms with van der Waals surface area (Å²) in [5, 5.41) is 14.4. The second kappa shape index (κ2) is 6.37. The van der Waals surface area contributed by atoms with Gasteiger partial charge >= 0.3 is 5.88 Å². The molecule has 1 N–H and O–H groups in total. The Kier molecular flexibility index (Phi) is 4.33. The molecule has 0 aliphatic rings. The first-order chi connectivity index (χ1) is 9.70. The quantitative estimate of drug-likeness (QED) is 0.496. The molecule has 0 fully saturated rings. The fourth-order valence-corrected chi connectivity index (χ4v) is 1.60. The normalized spacial score (nSPS) is 10.7. The van der Waals surface area contributed by atoms with E-state index in [9.17, 15) is 10.1 Å². The monoisotopic (exact) mass is 275 g/mol. The lowest BCUT2D eigenvalue weighted by molar-refractivity contribution is -0.402. The Labute approximate surface area is 115 Å². The molecule has 2 aromatic rings. The number of hydrogen-bond acceptors (Lipinski definition) is 6. The van der Waals surface area contributed by atoms with Crippen molar-refractivity contribution in [2.24, 2.45) is 5.10 Å². The molecule has 0 bridgehead atoms. The molecule has 2 rings (SSSR count). The zero-order chi connectivity index (χ0) is 14.4. The molecule has 0 aliphatic heterocycles. The van der Waals surface area contributed by atoms with Crippen LogP contribution >= 0.6 is 0 Å². The van der Waals surface area contributed by atoms with E-state index in [1.807, 2.05) is 24.3 Å². The molecule has 0 unspecified atom stereocenters. The fourth-order valence-electron chi connectivity index (χ4n) is 1.60. The third kappa shape index (κ3) is 3.35. The van der Waals surface area contributed by atoms with Gasteiger partial charge in [0.2, 0.25) is 0 Å². The largest absolute Gasteiger partial charge is 0.496 e. The lowest BCUT2D eigenvalue weighted by Gasteiger charge is -2.06. The van der Waals surface area contributed by atoms with Crippen LogP contribution in [-0.2, 0) is 6.54 Å². The van der Waals surface area contributed by atoms with Gasteiger partial charge in [0.15, 0.2) is 5.76 Å². The van der Waals surface area contributed by atoms with Gasteiger partial charge in [0.05, 0.1) is 25.9 Å². The summed E-state index contributed by atoms with van der Waals surface area (Å²) in [5.41, 5.74) is 3.78. The predicted octanol–water partition coefficient (Wildman–Crippen LogP) is 2.32. The van der Waals surface area contributed by atoms with Crippen LogP contribution in [0.2, 0.25) is 0 Å². The van der Waals surface area contributed by atoms with Gasteiger partial charge in [0.25, 0.3) is 0 Å². The molecule has 1 heterocycles. The van der Waals surface area contributed by atoms with Crippen molar-refractivity contribution in [3.8, 4) is 5.75 Å². The van der Waals surface area contributed by atoms with Crippen LogP contribution in [0.5, 0.6) is 5.75 Å². The summed E-state index contributed by atoms with van der Waals surface area (Å²) in [6, 6.07) is 10.3. The number of hydrazone groups is 1. The average molecular weight is 275 g/mol.